The van der Waals surface area contributed by atoms with Crippen LogP contribution >= 0.6 is 0 Å². The van der Waals surface area contributed by atoms with Gasteiger partial charge in [0.05, 0.1) is 39.7 Å². The third-order valence-electron chi connectivity index (χ3n) is 3.66. The molecule has 7 nitrogen and oxygen atoms in total. The monoisotopic (exact) mass is 372 g/mol. The first-order valence-electron chi connectivity index (χ1n) is 8.49. The highest BCUT2D eigenvalue weighted by atomic mass is 16.5. The van der Waals surface area contributed by atoms with Crippen LogP contribution in [0.1, 0.15) is 29.3 Å². The van der Waals surface area contributed by atoms with Crippen molar-refractivity contribution in [2.45, 2.75) is 13.3 Å². The summed E-state index contributed by atoms with van der Waals surface area (Å²) in [5.41, 5.74) is 3.57. The van der Waals surface area contributed by atoms with Crippen LogP contribution in [0.4, 0.5) is 0 Å². The summed E-state index contributed by atoms with van der Waals surface area (Å²) in [6, 6.07) is 10.4. The van der Waals surface area contributed by atoms with Crippen molar-refractivity contribution in [3.05, 3.63) is 47.5 Å². The Hall–Kier alpha value is -3.22. The van der Waals surface area contributed by atoms with Crippen LogP contribution in [0.15, 0.2) is 41.5 Å². The van der Waals surface area contributed by atoms with Gasteiger partial charge in [-0.25, -0.2) is 5.43 Å². The van der Waals surface area contributed by atoms with E-state index in [0.29, 0.717) is 40.7 Å². The Labute approximate surface area is 158 Å². The number of amides is 1. The van der Waals surface area contributed by atoms with E-state index in [9.17, 15) is 4.79 Å². The molecule has 0 radical (unpaired) electrons. The molecular weight excluding hydrogens is 348 g/mol. The molecule has 1 N–H and O–H groups in total. The van der Waals surface area contributed by atoms with Crippen molar-refractivity contribution in [2.24, 2.45) is 5.10 Å². The Morgan fingerprint density at radius 2 is 1.67 bits per heavy atom. The highest BCUT2D eigenvalue weighted by molar-refractivity contribution is 5.97. The lowest BCUT2D eigenvalue weighted by Gasteiger charge is -2.14. The van der Waals surface area contributed by atoms with Crippen LogP contribution in [-0.2, 0) is 0 Å². The topological polar surface area (TPSA) is 78.4 Å². The third-order valence-corrected chi connectivity index (χ3v) is 3.66. The molecule has 2 aromatic carbocycles. The predicted octanol–water partition coefficient (Wildman–Crippen LogP) is 3.27. The maximum absolute atomic E-state index is 12.3. The van der Waals surface area contributed by atoms with Gasteiger partial charge in [-0.15, -0.1) is 0 Å². The van der Waals surface area contributed by atoms with Crippen LogP contribution in [0.5, 0.6) is 23.0 Å². The number of hydrazone groups is 1. The number of benzene rings is 2. The summed E-state index contributed by atoms with van der Waals surface area (Å²) < 4.78 is 21.6. The molecule has 1 amide bonds. The fourth-order valence-corrected chi connectivity index (χ4v) is 2.38. The Bertz CT molecular complexity index is 780. The third kappa shape index (κ3) is 5.13. The first-order valence-corrected chi connectivity index (χ1v) is 8.49. The van der Waals surface area contributed by atoms with Crippen molar-refractivity contribution in [1.82, 2.24) is 5.43 Å². The van der Waals surface area contributed by atoms with Crippen molar-refractivity contribution >= 4 is 12.1 Å². The van der Waals surface area contributed by atoms with Gasteiger partial charge in [0.15, 0.2) is 11.5 Å². The van der Waals surface area contributed by atoms with Crippen LogP contribution in [0.2, 0.25) is 0 Å². The van der Waals surface area contributed by atoms with E-state index in [1.54, 1.807) is 50.6 Å². The van der Waals surface area contributed by atoms with Crippen molar-refractivity contribution in [1.29, 1.82) is 0 Å². The van der Waals surface area contributed by atoms with Gasteiger partial charge >= 0.3 is 0 Å². The van der Waals surface area contributed by atoms with E-state index in [1.165, 1.54) is 13.3 Å². The molecule has 0 aliphatic rings. The molecular formula is C20H24N2O5. The predicted molar refractivity (Wildman–Crippen MR) is 103 cm³/mol. The standard InChI is InChI=1S/C20H24N2O5/c1-5-10-27-19-17(25-3)11-14(12-18(19)26-4)13-21-22-20(23)15-8-6-7-9-16(15)24-2/h6-9,11-13H,5,10H2,1-4H3,(H,22,23)/b21-13+. The zero-order chi connectivity index (χ0) is 19.6. The van der Waals surface area contributed by atoms with Crippen molar-refractivity contribution in [3.8, 4) is 23.0 Å². The molecule has 0 heterocycles. The number of hydrogen-bond acceptors (Lipinski definition) is 6. The van der Waals surface area contributed by atoms with Crippen LogP contribution in [0.3, 0.4) is 0 Å². The SMILES string of the molecule is CCCOc1c(OC)cc(/C=N/NC(=O)c2ccccc2OC)cc1OC. The van der Waals surface area contributed by atoms with Gasteiger partial charge < -0.3 is 18.9 Å². The van der Waals surface area contributed by atoms with Crippen LogP contribution in [-0.4, -0.2) is 40.1 Å². The Morgan fingerprint density at radius 1 is 1.04 bits per heavy atom. The van der Waals surface area contributed by atoms with E-state index in [0.717, 1.165) is 6.42 Å². The van der Waals surface area contributed by atoms with E-state index in [-0.39, 0.29) is 5.91 Å². The summed E-state index contributed by atoms with van der Waals surface area (Å²) in [6.07, 6.45) is 2.37. The summed E-state index contributed by atoms with van der Waals surface area (Å²) in [7, 11) is 4.62. The number of ether oxygens (including phenoxy) is 4. The first kappa shape index (κ1) is 20.1. The number of methoxy groups -OCH3 is 3. The van der Waals surface area contributed by atoms with Gasteiger partial charge in [-0.05, 0) is 30.7 Å². The van der Waals surface area contributed by atoms with Crippen LogP contribution in [0, 0.1) is 0 Å². The van der Waals surface area contributed by atoms with Crippen LogP contribution in [0.25, 0.3) is 0 Å². The number of para-hydroxylation sites is 1. The molecule has 0 fully saturated rings. The quantitative estimate of drug-likeness (QED) is 0.540. The number of nitrogens with one attached hydrogen (secondary N) is 1. The van der Waals surface area contributed by atoms with Gasteiger partial charge in [0, 0.05) is 5.56 Å². The maximum atomic E-state index is 12.3. The number of hydrogen-bond donors (Lipinski definition) is 1. The molecule has 2 rings (SSSR count). The van der Waals surface area contributed by atoms with Gasteiger partial charge in [-0.1, -0.05) is 19.1 Å². The lowest BCUT2D eigenvalue weighted by atomic mass is 10.2. The van der Waals surface area contributed by atoms with E-state index in [1.807, 2.05) is 6.92 Å². The fourth-order valence-electron chi connectivity index (χ4n) is 2.38. The van der Waals surface area contributed by atoms with Gasteiger partial charge in [-0.2, -0.15) is 5.10 Å². The largest absolute Gasteiger partial charge is 0.496 e. The summed E-state index contributed by atoms with van der Waals surface area (Å²) in [6.45, 7) is 2.57. The van der Waals surface area contributed by atoms with E-state index in [4.69, 9.17) is 18.9 Å². The summed E-state index contributed by atoms with van der Waals surface area (Å²) in [5.74, 6) is 1.70. The number of rotatable bonds is 9. The minimum atomic E-state index is -0.370. The molecule has 0 aromatic heterocycles. The van der Waals surface area contributed by atoms with Gasteiger partial charge in [0.25, 0.3) is 5.91 Å². The number of carbonyl (C=O) groups excluding carboxylic acids is 1. The summed E-state index contributed by atoms with van der Waals surface area (Å²) in [4.78, 5) is 12.3. The molecule has 0 saturated carbocycles. The molecule has 27 heavy (non-hydrogen) atoms. The van der Waals surface area contributed by atoms with Crippen molar-refractivity contribution in [2.75, 3.05) is 27.9 Å². The highest BCUT2D eigenvalue weighted by Gasteiger charge is 2.14. The van der Waals surface area contributed by atoms with Gasteiger partial charge in [0.2, 0.25) is 5.75 Å². The molecule has 0 atom stereocenters. The zero-order valence-corrected chi connectivity index (χ0v) is 15.9. The minimum absolute atomic E-state index is 0.370. The number of carbonyl (C=O) groups is 1. The van der Waals surface area contributed by atoms with Gasteiger partial charge in [-0.3, -0.25) is 4.79 Å². The minimum Gasteiger partial charge on any atom is -0.496 e. The first-order chi connectivity index (χ1) is 13.1. The number of nitrogens with zero attached hydrogens (tertiary/aromatic N) is 1. The molecule has 0 spiro atoms. The maximum Gasteiger partial charge on any atom is 0.275 e. The smallest absolute Gasteiger partial charge is 0.275 e. The van der Waals surface area contributed by atoms with E-state index < -0.39 is 0 Å². The molecule has 0 saturated heterocycles. The van der Waals surface area contributed by atoms with Gasteiger partial charge in [0.1, 0.15) is 5.75 Å². The molecule has 7 heteroatoms. The summed E-state index contributed by atoms with van der Waals surface area (Å²) in [5, 5.41) is 4.00. The highest BCUT2D eigenvalue weighted by Crippen LogP contribution is 2.38. The van der Waals surface area contributed by atoms with E-state index in [2.05, 4.69) is 10.5 Å². The fraction of sp³-hybridized carbons (Fsp3) is 0.300. The second kappa shape index (κ2) is 10.1. The molecule has 144 valence electrons. The zero-order valence-electron chi connectivity index (χ0n) is 15.9. The normalized spacial score (nSPS) is 10.5. The molecule has 2 aromatic rings. The second-order valence-corrected chi connectivity index (χ2v) is 5.50. The molecule has 0 unspecified atom stereocenters. The molecule has 0 bridgehead atoms. The average molecular weight is 372 g/mol. The van der Waals surface area contributed by atoms with E-state index >= 15 is 0 Å². The van der Waals surface area contributed by atoms with Crippen LogP contribution < -0.4 is 24.4 Å². The van der Waals surface area contributed by atoms with Crippen molar-refractivity contribution < 1.29 is 23.7 Å². The average Bonchev–Trinajstić information content (AvgIpc) is 2.71. The van der Waals surface area contributed by atoms with Crippen molar-refractivity contribution in [3.63, 3.8) is 0 Å². The second-order valence-electron chi connectivity index (χ2n) is 5.50. The Balaban J connectivity index is 2.17. The molecule has 0 aliphatic carbocycles. The summed E-state index contributed by atoms with van der Waals surface area (Å²) >= 11 is 0. The Morgan fingerprint density at radius 3 is 2.26 bits per heavy atom. The Kier molecular flexibility index (Phi) is 7.49. The lowest BCUT2D eigenvalue weighted by Crippen LogP contribution is -2.18. The molecule has 0 aliphatic heterocycles. The lowest BCUT2D eigenvalue weighted by molar-refractivity contribution is 0.0952.